The van der Waals surface area contributed by atoms with Crippen LogP contribution in [-0.2, 0) is 4.79 Å². The van der Waals surface area contributed by atoms with E-state index in [-0.39, 0.29) is 12.8 Å². The Labute approximate surface area is 97.9 Å². The van der Waals surface area contributed by atoms with Crippen molar-refractivity contribution in [2.24, 2.45) is 0 Å². The first-order valence-corrected chi connectivity index (χ1v) is 5.62. The van der Waals surface area contributed by atoms with Crippen molar-refractivity contribution in [3.05, 3.63) is 0 Å². The Morgan fingerprint density at radius 1 is 1.12 bits per heavy atom. The molecule has 2 aliphatic heterocycles. The summed E-state index contributed by atoms with van der Waals surface area (Å²) in [6.45, 7) is -0.497. The maximum atomic E-state index is 11.8. The average molecular weight is 247 g/mol. The van der Waals surface area contributed by atoms with E-state index in [1.165, 1.54) is 4.90 Å². The van der Waals surface area contributed by atoms with Gasteiger partial charge in [-0.1, -0.05) is 0 Å². The molecule has 7 nitrogen and oxygen atoms in total. The summed E-state index contributed by atoms with van der Waals surface area (Å²) in [6.07, 6.45) is -4.69. The monoisotopic (exact) mass is 247 g/mol. The molecule has 0 unspecified atom stereocenters. The number of aliphatic hydroxyl groups is 5. The van der Waals surface area contributed by atoms with Gasteiger partial charge in [-0.05, 0) is 12.8 Å². The molecule has 2 rings (SSSR count). The standard InChI is InChI=1S/C10H17NO6/c12-3-5-8(15)6(13)1-4-2-7(14)9(16)10(17)11(4)5/h4-9,12-16H,1-3H2/t4-,5+,6-,7-,8-,9-/m1/s1. The maximum absolute atomic E-state index is 11.8. The number of rotatable bonds is 1. The van der Waals surface area contributed by atoms with Crippen molar-refractivity contribution < 1.29 is 30.3 Å². The molecule has 5 N–H and O–H groups in total. The summed E-state index contributed by atoms with van der Waals surface area (Å²) in [5.74, 6) is -0.709. The third-order valence-corrected chi connectivity index (χ3v) is 3.63. The number of hydrogen-bond donors (Lipinski definition) is 5. The van der Waals surface area contributed by atoms with E-state index < -0.39 is 49.0 Å². The number of carbonyl (C=O) groups excluding carboxylic acids is 1. The molecule has 17 heavy (non-hydrogen) atoms. The summed E-state index contributed by atoms with van der Waals surface area (Å²) in [5, 5.41) is 47.5. The number of nitrogens with zero attached hydrogens (tertiary/aromatic N) is 1. The van der Waals surface area contributed by atoms with Crippen molar-refractivity contribution in [1.82, 2.24) is 4.90 Å². The van der Waals surface area contributed by atoms with Gasteiger partial charge in [0.05, 0.1) is 24.9 Å². The molecule has 1 amide bonds. The van der Waals surface area contributed by atoms with Gasteiger partial charge in [-0.15, -0.1) is 0 Å². The van der Waals surface area contributed by atoms with Gasteiger partial charge in [-0.25, -0.2) is 0 Å². The first kappa shape index (κ1) is 12.7. The molecule has 0 aliphatic carbocycles. The Bertz CT molecular complexity index is 309. The van der Waals surface area contributed by atoms with Crippen LogP contribution in [0.25, 0.3) is 0 Å². The van der Waals surface area contributed by atoms with Crippen LogP contribution in [0.3, 0.4) is 0 Å². The van der Waals surface area contributed by atoms with Gasteiger partial charge >= 0.3 is 0 Å². The second-order valence-corrected chi connectivity index (χ2v) is 4.69. The van der Waals surface area contributed by atoms with E-state index in [9.17, 15) is 30.3 Å². The molecule has 2 aliphatic rings. The summed E-state index contributed by atoms with van der Waals surface area (Å²) >= 11 is 0. The van der Waals surface area contributed by atoms with Crippen molar-refractivity contribution in [2.75, 3.05) is 6.61 Å². The van der Waals surface area contributed by atoms with E-state index in [0.29, 0.717) is 0 Å². The van der Waals surface area contributed by atoms with Crippen LogP contribution in [-0.4, -0.2) is 79.4 Å². The van der Waals surface area contributed by atoms with Gasteiger partial charge in [0.25, 0.3) is 5.91 Å². The highest BCUT2D eigenvalue weighted by Crippen LogP contribution is 2.31. The van der Waals surface area contributed by atoms with Crippen LogP contribution in [0.4, 0.5) is 0 Å². The molecule has 0 bridgehead atoms. The zero-order valence-electron chi connectivity index (χ0n) is 9.18. The largest absolute Gasteiger partial charge is 0.394 e. The Morgan fingerprint density at radius 3 is 2.29 bits per heavy atom. The van der Waals surface area contributed by atoms with Gasteiger partial charge in [0.15, 0.2) is 6.10 Å². The molecule has 2 fully saturated rings. The molecule has 2 heterocycles. The smallest absolute Gasteiger partial charge is 0.254 e. The molecule has 0 aromatic rings. The molecule has 6 atom stereocenters. The molecule has 0 saturated carbocycles. The molecular formula is C10H17NO6. The van der Waals surface area contributed by atoms with Crippen LogP contribution < -0.4 is 0 Å². The lowest BCUT2D eigenvalue weighted by Gasteiger charge is -2.50. The van der Waals surface area contributed by atoms with Gasteiger partial charge in [0, 0.05) is 6.04 Å². The van der Waals surface area contributed by atoms with Crippen molar-refractivity contribution >= 4 is 5.91 Å². The predicted molar refractivity (Wildman–Crippen MR) is 54.8 cm³/mol. The van der Waals surface area contributed by atoms with Crippen molar-refractivity contribution in [2.45, 2.75) is 49.3 Å². The van der Waals surface area contributed by atoms with E-state index in [1.54, 1.807) is 0 Å². The van der Waals surface area contributed by atoms with Crippen molar-refractivity contribution in [3.63, 3.8) is 0 Å². The number of fused-ring (bicyclic) bond motifs is 1. The van der Waals surface area contributed by atoms with E-state index in [2.05, 4.69) is 0 Å². The Hall–Kier alpha value is -0.730. The minimum absolute atomic E-state index is 0.132. The highest BCUT2D eigenvalue weighted by molar-refractivity contribution is 5.83. The minimum Gasteiger partial charge on any atom is -0.394 e. The zero-order chi connectivity index (χ0) is 12.7. The minimum atomic E-state index is -1.53. The van der Waals surface area contributed by atoms with E-state index >= 15 is 0 Å². The second kappa shape index (κ2) is 4.51. The van der Waals surface area contributed by atoms with Gasteiger partial charge in [0.1, 0.15) is 6.10 Å². The SMILES string of the molecule is O=C1[C@H](O)[C@H](O)C[C@H]2C[C@@H](O)[C@H](O)[C@H](CO)N12. The fourth-order valence-corrected chi connectivity index (χ4v) is 2.70. The fraction of sp³-hybridized carbons (Fsp3) is 0.900. The van der Waals surface area contributed by atoms with Crippen LogP contribution in [0.2, 0.25) is 0 Å². The molecule has 2 saturated heterocycles. The quantitative estimate of drug-likeness (QED) is 0.332. The Balaban J connectivity index is 2.26. The van der Waals surface area contributed by atoms with Gasteiger partial charge < -0.3 is 30.4 Å². The lowest BCUT2D eigenvalue weighted by atomic mass is 9.83. The van der Waals surface area contributed by atoms with Crippen LogP contribution in [0, 0.1) is 0 Å². The third-order valence-electron chi connectivity index (χ3n) is 3.63. The maximum Gasteiger partial charge on any atom is 0.254 e. The first-order valence-electron chi connectivity index (χ1n) is 5.62. The Morgan fingerprint density at radius 2 is 1.71 bits per heavy atom. The normalized spacial score (nSPS) is 46.9. The zero-order valence-corrected chi connectivity index (χ0v) is 9.18. The van der Waals surface area contributed by atoms with Crippen LogP contribution in [0.5, 0.6) is 0 Å². The molecule has 0 radical (unpaired) electrons. The number of amides is 1. The predicted octanol–water partition coefficient (Wildman–Crippen LogP) is -3.20. The van der Waals surface area contributed by atoms with Gasteiger partial charge in [-0.2, -0.15) is 0 Å². The highest BCUT2D eigenvalue weighted by atomic mass is 16.3. The average Bonchev–Trinajstić information content (AvgIpc) is 2.29. The molecule has 7 heteroatoms. The summed E-state index contributed by atoms with van der Waals surface area (Å²) in [7, 11) is 0. The molecule has 0 spiro atoms. The Kier molecular flexibility index (Phi) is 3.37. The molecule has 0 aromatic carbocycles. The molecule has 0 aromatic heterocycles. The fourth-order valence-electron chi connectivity index (χ4n) is 2.70. The van der Waals surface area contributed by atoms with Crippen LogP contribution in [0.15, 0.2) is 0 Å². The molecule has 98 valence electrons. The van der Waals surface area contributed by atoms with Crippen molar-refractivity contribution in [3.8, 4) is 0 Å². The van der Waals surface area contributed by atoms with Crippen LogP contribution >= 0.6 is 0 Å². The molecular weight excluding hydrogens is 230 g/mol. The summed E-state index contributed by atoms with van der Waals surface area (Å²) in [4.78, 5) is 13.0. The number of hydrogen-bond acceptors (Lipinski definition) is 6. The topological polar surface area (TPSA) is 121 Å². The van der Waals surface area contributed by atoms with E-state index in [0.717, 1.165) is 0 Å². The lowest BCUT2D eigenvalue weighted by molar-refractivity contribution is -0.183. The lowest BCUT2D eigenvalue weighted by Crippen LogP contribution is -2.68. The summed E-state index contributed by atoms with van der Waals surface area (Å²) < 4.78 is 0. The van der Waals surface area contributed by atoms with E-state index in [1.807, 2.05) is 0 Å². The van der Waals surface area contributed by atoms with Crippen molar-refractivity contribution in [1.29, 1.82) is 0 Å². The second-order valence-electron chi connectivity index (χ2n) is 4.69. The summed E-state index contributed by atoms with van der Waals surface area (Å²) in [6, 6.07) is -1.39. The summed E-state index contributed by atoms with van der Waals surface area (Å²) in [5.41, 5.74) is 0. The van der Waals surface area contributed by atoms with Crippen LogP contribution in [0.1, 0.15) is 12.8 Å². The highest BCUT2D eigenvalue weighted by Gasteiger charge is 2.50. The van der Waals surface area contributed by atoms with E-state index in [4.69, 9.17) is 0 Å². The number of carbonyl (C=O) groups is 1. The van der Waals surface area contributed by atoms with Gasteiger partial charge in [0.2, 0.25) is 0 Å². The number of aliphatic hydroxyl groups excluding tert-OH is 5. The first-order chi connectivity index (χ1) is 7.97. The third kappa shape index (κ3) is 1.94. The van der Waals surface area contributed by atoms with Gasteiger partial charge in [-0.3, -0.25) is 4.79 Å². The number of piperidine rings is 2.